The van der Waals surface area contributed by atoms with E-state index >= 15 is 0 Å². The summed E-state index contributed by atoms with van der Waals surface area (Å²) in [6, 6.07) is 0.769. The lowest BCUT2D eigenvalue weighted by atomic mass is 9.77. The van der Waals surface area contributed by atoms with E-state index < -0.39 is 30.3 Å². The quantitative estimate of drug-likeness (QED) is 0.512. The molecule has 0 atom stereocenters. The van der Waals surface area contributed by atoms with Crippen molar-refractivity contribution >= 4 is 28.8 Å². The number of amides is 1. The highest BCUT2D eigenvalue weighted by molar-refractivity contribution is 5.94. The van der Waals surface area contributed by atoms with Gasteiger partial charge in [0.2, 0.25) is 11.9 Å². The second-order valence-corrected chi connectivity index (χ2v) is 8.94. The highest BCUT2D eigenvalue weighted by atomic mass is 19.4. The Bertz CT molecular complexity index is 1270. The number of hydrogen-bond donors (Lipinski definition) is 0. The Labute approximate surface area is 196 Å². The van der Waals surface area contributed by atoms with Gasteiger partial charge in [0.05, 0.1) is 11.9 Å². The van der Waals surface area contributed by atoms with E-state index in [1.54, 1.807) is 13.1 Å². The third kappa shape index (κ3) is 4.36. The molecule has 2 aliphatic rings. The van der Waals surface area contributed by atoms with Gasteiger partial charge < -0.3 is 4.90 Å². The van der Waals surface area contributed by atoms with E-state index in [0.29, 0.717) is 43.0 Å². The number of carbonyl (C=O) groups is 1. The van der Waals surface area contributed by atoms with Crippen LogP contribution in [0.25, 0.3) is 11.2 Å². The maximum absolute atomic E-state index is 13.0. The molecule has 1 amide bonds. The van der Waals surface area contributed by atoms with E-state index in [9.17, 15) is 26.7 Å². The van der Waals surface area contributed by atoms with Crippen LogP contribution in [-0.4, -0.2) is 61.7 Å². The van der Waals surface area contributed by atoms with Gasteiger partial charge in [0, 0.05) is 37.7 Å². The van der Waals surface area contributed by atoms with E-state index in [1.165, 1.54) is 4.90 Å². The summed E-state index contributed by atoms with van der Waals surface area (Å²) >= 11 is 0. The molecule has 2 saturated heterocycles. The molecule has 5 heterocycles. The molecule has 2 aliphatic heterocycles. The number of aromatic nitrogens is 6. The van der Waals surface area contributed by atoms with Crippen LogP contribution < -0.4 is 9.80 Å². The van der Waals surface area contributed by atoms with E-state index in [4.69, 9.17) is 0 Å². The molecular formula is C21H21F5N8O. The molecule has 0 radical (unpaired) electrons. The van der Waals surface area contributed by atoms with Gasteiger partial charge in [-0.05, 0) is 25.8 Å². The zero-order chi connectivity index (χ0) is 25.0. The molecule has 0 aliphatic carbocycles. The van der Waals surface area contributed by atoms with Crippen molar-refractivity contribution in [3.8, 4) is 0 Å². The number of alkyl halides is 5. The minimum absolute atomic E-state index is 0.186. The first kappa shape index (κ1) is 23.3. The fourth-order valence-electron chi connectivity index (χ4n) is 4.75. The fraction of sp³-hybridized carbons (Fsp3) is 0.524. The maximum atomic E-state index is 13.0. The van der Waals surface area contributed by atoms with Crippen LogP contribution in [-0.2, 0) is 17.5 Å². The van der Waals surface area contributed by atoms with Crippen molar-refractivity contribution in [3.63, 3.8) is 0 Å². The number of carbonyl (C=O) groups excluding carboxylic acids is 1. The average molecular weight is 496 g/mol. The molecule has 9 nitrogen and oxygen atoms in total. The maximum Gasteiger partial charge on any atom is 0.433 e. The van der Waals surface area contributed by atoms with Crippen molar-refractivity contribution in [2.75, 3.05) is 29.4 Å². The summed E-state index contributed by atoms with van der Waals surface area (Å²) in [5.74, 6) is -0.0429. The number of anilines is 2. The number of nitrogens with zero attached hydrogens (tertiary/aromatic N) is 8. The van der Waals surface area contributed by atoms with Crippen molar-refractivity contribution in [3.05, 3.63) is 29.8 Å². The van der Waals surface area contributed by atoms with Crippen LogP contribution in [0.3, 0.4) is 0 Å². The van der Waals surface area contributed by atoms with Crippen LogP contribution in [0, 0.1) is 12.3 Å². The summed E-state index contributed by atoms with van der Waals surface area (Å²) in [6.45, 7) is 2.37. The summed E-state index contributed by atoms with van der Waals surface area (Å²) < 4.78 is 66.1. The Kier molecular flexibility index (Phi) is 5.55. The minimum Gasteiger partial charge on any atom is -0.355 e. The Balaban J connectivity index is 1.32. The van der Waals surface area contributed by atoms with Crippen molar-refractivity contribution < 1.29 is 26.7 Å². The zero-order valence-electron chi connectivity index (χ0n) is 18.6. The molecule has 5 rings (SSSR count). The molecule has 3 aromatic heterocycles. The Morgan fingerprint density at radius 1 is 1.14 bits per heavy atom. The molecule has 3 aromatic rings. The normalized spacial score (nSPS) is 18.4. The van der Waals surface area contributed by atoms with E-state index in [-0.39, 0.29) is 30.5 Å². The number of rotatable bonds is 4. The summed E-state index contributed by atoms with van der Waals surface area (Å²) in [5, 5.41) is 4.11. The minimum atomic E-state index is -4.63. The molecule has 35 heavy (non-hydrogen) atoms. The van der Waals surface area contributed by atoms with Crippen LogP contribution in [0.15, 0.2) is 18.5 Å². The van der Waals surface area contributed by atoms with Gasteiger partial charge >= 0.3 is 6.18 Å². The van der Waals surface area contributed by atoms with E-state index in [2.05, 4.69) is 25.0 Å². The van der Waals surface area contributed by atoms with Gasteiger partial charge in [-0.3, -0.25) is 9.69 Å². The van der Waals surface area contributed by atoms with Gasteiger partial charge in [-0.25, -0.2) is 33.4 Å². The highest BCUT2D eigenvalue weighted by Gasteiger charge is 2.47. The lowest BCUT2D eigenvalue weighted by Gasteiger charge is -2.39. The van der Waals surface area contributed by atoms with Crippen LogP contribution in [0.4, 0.5) is 33.7 Å². The predicted octanol–water partition coefficient (Wildman–Crippen LogP) is 3.23. The summed E-state index contributed by atoms with van der Waals surface area (Å²) in [5.41, 5.74) is -0.262. The number of hydrogen-bond acceptors (Lipinski definition) is 7. The summed E-state index contributed by atoms with van der Waals surface area (Å²) in [4.78, 5) is 32.2. The smallest absolute Gasteiger partial charge is 0.355 e. The standard InChI is InChI=1S/C21H21F5N8O/c1-12-17-18(34(31-12)10-14(22)23)30-15(9-28-17)32-6-3-20(4-7-32)8-16(35)33(11-20)19-27-5-2-13(29-19)21(24,25)26/h2,5,9,14H,3-4,6-8,10-11H2,1H3. The lowest BCUT2D eigenvalue weighted by Crippen LogP contribution is -2.42. The van der Waals surface area contributed by atoms with Gasteiger partial charge in [0.1, 0.15) is 23.6 Å². The number of fused-ring (bicyclic) bond motifs is 1. The molecule has 0 aromatic carbocycles. The fourth-order valence-corrected chi connectivity index (χ4v) is 4.75. The van der Waals surface area contributed by atoms with E-state index in [0.717, 1.165) is 16.9 Å². The first-order chi connectivity index (χ1) is 16.5. The Hall–Kier alpha value is -3.45. The first-order valence-corrected chi connectivity index (χ1v) is 11.0. The van der Waals surface area contributed by atoms with Crippen molar-refractivity contribution in [2.24, 2.45) is 5.41 Å². The highest BCUT2D eigenvalue weighted by Crippen LogP contribution is 2.43. The zero-order valence-corrected chi connectivity index (χ0v) is 18.6. The van der Waals surface area contributed by atoms with Gasteiger partial charge in [-0.1, -0.05) is 0 Å². The Morgan fingerprint density at radius 2 is 1.89 bits per heavy atom. The van der Waals surface area contributed by atoms with Gasteiger partial charge in [0.25, 0.3) is 6.43 Å². The number of piperidine rings is 1. The van der Waals surface area contributed by atoms with Crippen LogP contribution >= 0.6 is 0 Å². The third-order valence-corrected chi connectivity index (χ3v) is 6.55. The molecule has 0 saturated carbocycles. The SMILES string of the molecule is Cc1nn(CC(F)F)c2nc(N3CCC4(CC3)CC(=O)N(c3nccc(C(F)(F)F)n3)C4)cnc12. The average Bonchev–Trinajstić information content (AvgIpc) is 3.29. The van der Waals surface area contributed by atoms with Crippen LogP contribution in [0.1, 0.15) is 30.7 Å². The topological polar surface area (TPSA) is 92.9 Å². The lowest BCUT2D eigenvalue weighted by molar-refractivity contribution is -0.141. The molecule has 14 heteroatoms. The number of halogens is 5. The van der Waals surface area contributed by atoms with Crippen molar-refractivity contribution in [1.82, 2.24) is 29.7 Å². The first-order valence-electron chi connectivity index (χ1n) is 11.0. The Morgan fingerprint density at radius 3 is 2.57 bits per heavy atom. The molecule has 2 fully saturated rings. The molecule has 0 unspecified atom stereocenters. The molecular weight excluding hydrogens is 475 g/mol. The van der Waals surface area contributed by atoms with E-state index in [1.807, 2.05) is 4.90 Å². The van der Waals surface area contributed by atoms with Crippen LogP contribution in [0.5, 0.6) is 0 Å². The van der Waals surface area contributed by atoms with Crippen molar-refractivity contribution in [1.29, 1.82) is 0 Å². The largest absolute Gasteiger partial charge is 0.433 e. The predicted molar refractivity (Wildman–Crippen MR) is 114 cm³/mol. The van der Waals surface area contributed by atoms with Gasteiger partial charge in [0.15, 0.2) is 5.65 Å². The molecule has 0 bridgehead atoms. The second kappa shape index (κ2) is 8.34. The molecule has 1 spiro atoms. The van der Waals surface area contributed by atoms with Crippen molar-refractivity contribution in [2.45, 2.75) is 45.3 Å². The van der Waals surface area contributed by atoms with Crippen LogP contribution in [0.2, 0.25) is 0 Å². The molecule has 186 valence electrons. The van der Waals surface area contributed by atoms with Gasteiger partial charge in [-0.15, -0.1) is 0 Å². The second-order valence-electron chi connectivity index (χ2n) is 8.94. The summed E-state index contributed by atoms with van der Waals surface area (Å²) in [6.07, 6.45) is -3.28. The monoisotopic (exact) mass is 496 g/mol. The summed E-state index contributed by atoms with van der Waals surface area (Å²) in [7, 11) is 0. The van der Waals surface area contributed by atoms with Gasteiger partial charge in [-0.2, -0.15) is 18.3 Å². The number of aryl methyl sites for hydroxylation is 1. The molecule has 0 N–H and O–H groups in total. The third-order valence-electron chi connectivity index (χ3n) is 6.55.